The van der Waals surface area contributed by atoms with E-state index < -0.39 is 0 Å². The molecule has 14 heavy (non-hydrogen) atoms. The first-order valence-electron chi connectivity index (χ1n) is 4.75. The first kappa shape index (κ1) is 11.3. The van der Waals surface area contributed by atoms with Crippen LogP contribution in [0.5, 0.6) is 5.75 Å². The average Bonchev–Trinajstić information content (AvgIpc) is 2.99. The average molecular weight is 214 g/mol. The summed E-state index contributed by atoms with van der Waals surface area (Å²) in [4.78, 5) is 0. The van der Waals surface area contributed by atoms with Gasteiger partial charge in [0.1, 0.15) is 5.75 Å². The number of methoxy groups -OCH3 is 1. The number of halogens is 1. The van der Waals surface area contributed by atoms with E-state index in [4.69, 9.17) is 4.74 Å². The lowest BCUT2D eigenvalue weighted by Crippen LogP contribution is -2.15. The van der Waals surface area contributed by atoms with Crippen LogP contribution in [-0.4, -0.2) is 13.2 Å². The maximum atomic E-state index is 5.26. The molecule has 0 radical (unpaired) electrons. The van der Waals surface area contributed by atoms with E-state index in [1.807, 2.05) is 18.2 Å². The van der Waals surface area contributed by atoms with E-state index in [9.17, 15) is 0 Å². The normalized spacial score (nSPS) is 14.6. The predicted octanol–water partition coefficient (Wildman–Crippen LogP) is 2.37. The second kappa shape index (κ2) is 5.23. The Bertz CT molecular complexity index is 286. The summed E-state index contributed by atoms with van der Waals surface area (Å²) in [6.45, 7) is 0.925. The molecule has 1 saturated carbocycles. The highest BCUT2D eigenvalue weighted by Gasteiger charge is 2.20. The standard InChI is InChI=1S/C11H15NO.ClH/c1-13-11-5-3-2-4-9(11)8-12-10-6-7-10;/h2-5,10,12H,6-8H2,1H3;1H. The number of para-hydroxylation sites is 1. The Balaban J connectivity index is 0.000000980. The Morgan fingerprint density at radius 1 is 1.36 bits per heavy atom. The predicted molar refractivity (Wildman–Crippen MR) is 60.1 cm³/mol. The number of hydrogen-bond donors (Lipinski definition) is 1. The molecule has 0 amide bonds. The van der Waals surface area contributed by atoms with Crippen LogP contribution in [0.1, 0.15) is 18.4 Å². The summed E-state index contributed by atoms with van der Waals surface area (Å²) in [5, 5.41) is 3.47. The summed E-state index contributed by atoms with van der Waals surface area (Å²) in [5.74, 6) is 0.982. The Hall–Kier alpha value is -0.730. The van der Waals surface area contributed by atoms with Gasteiger partial charge in [-0.3, -0.25) is 0 Å². The first-order valence-corrected chi connectivity index (χ1v) is 4.75. The van der Waals surface area contributed by atoms with Crippen molar-refractivity contribution in [3.63, 3.8) is 0 Å². The zero-order chi connectivity index (χ0) is 9.10. The lowest BCUT2D eigenvalue weighted by Gasteiger charge is -2.08. The highest BCUT2D eigenvalue weighted by Crippen LogP contribution is 2.22. The van der Waals surface area contributed by atoms with Crippen LogP contribution in [0.2, 0.25) is 0 Å². The van der Waals surface area contributed by atoms with E-state index in [2.05, 4.69) is 11.4 Å². The highest BCUT2D eigenvalue weighted by molar-refractivity contribution is 5.85. The molecule has 1 fully saturated rings. The molecule has 0 bridgehead atoms. The van der Waals surface area contributed by atoms with E-state index >= 15 is 0 Å². The maximum Gasteiger partial charge on any atom is 0.123 e. The third-order valence-electron chi connectivity index (χ3n) is 2.35. The molecule has 2 nitrogen and oxygen atoms in total. The molecule has 1 aromatic carbocycles. The van der Waals surface area contributed by atoms with Crippen molar-refractivity contribution >= 4 is 12.4 Å². The van der Waals surface area contributed by atoms with Gasteiger partial charge in [0.05, 0.1) is 7.11 Å². The van der Waals surface area contributed by atoms with Crippen molar-refractivity contribution in [1.29, 1.82) is 0 Å². The number of nitrogens with one attached hydrogen (secondary N) is 1. The van der Waals surface area contributed by atoms with Gasteiger partial charge in [-0.1, -0.05) is 18.2 Å². The summed E-state index contributed by atoms with van der Waals surface area (Å²) < 4.78 is 5.26. The first-order chi connectivity index (χ1) is 6.40. The number of ether oxygens (including phenoxy) is 1. The van der Waals surface area contributed by atoms with E-state index in [0.717, 1.165) is 18.3 Å². The summed E-state index contributed by atoms with van der Waals surface area (Å²) in [6.07, 6.45) is 2.66. The van der Waals surface area contributed by atoms with Gasteiger partial charge in [-0.25, -0.2) is 0 Å². The van der Waals surface area contributed by atoms with Crippen molar-refractivity contribution in [3.8, 4) is 5.75 Å². The van der Waals surface area contributed by atoms with Gasteiger partial charge in [0.2, 0.25) is 0 Å². The molecular weight excluding hydrogens is 198 g/mol. The summed E-state index contributed by atoms with van der Waals surface area (Å²) in [7, 11) is 1.72. The third-order valence-corrected chi connectivity index (χ3v) is 2.35. The van der Waals surface area contributed by atoms with Crippen LogP contribution in [0.15, 0.2) is 24.3 Å². The van der Waals surface area contributed by atoms with Crippen LogP contribution in [0.25, 0.3) is 0 Å². The Morgan fingerprint density at radius 2 is 2.07 bits per heavy atom. The molecule has 1 N–H and O–H groups in total. The molecule has 1 aromatic rings. The maximum absolute atomic E-state index is 5.26. The van der Waals surface area contributed by atoms with Crippen LogP contribution >= 0.6 is 12.4 Å². The van der Waals surface area contributed by atoms with Gasteiger partial charge in [-0.15, -0.1) is 12.4 Å². The number of hydrogen-bond acceptors (Lipinski definition) is 2. The summed E-state index contributed by atoms with van der Waals surface area (Å²) >= 11 is 0. The smallest absolute Gasteiger partial charge is 0.123 e. The van der Waals surface area contributed by atoms with Gasteiger partial charge in [0.15, 0.2) is 0 Å². The van der Waals surface area contributed by atoms with Gasteiger partial charge in [0, 0.05) is 18.2 Å². The van der Waals surface area contributed by atoms with Crippen LogP contribution in [0, 0.1) is 0 Å². The van der Waals surface area contributed by atoms with Crippen molar-refractivity contribution in [1.82, 2.24) is 5.32 Å². The molecule has 0 spiro atoms. The Morgan fingerprint density at radius 3 is 2.71 bits per heavy atom. The molecule has 0 saturated heterocycles. The minimum atomic E-state index is 0. The molecule has 0 aliphatic heterocycles. The minimum Gasteiger partial charge on any atom is -0.496 e. The molecule has 3 heteroatoms. The van der Waals surface area contributed by atoms with E-state index in [0.29, 0.717) is 0 Å². The van der Waals surface area contributed by atoms with E-state index in [-0.39, 0.29) is 12.4 Å². The van der Waals surface area contributed by atoms with Gasteiger partial charge in [-0.05, 0) is 18.9 Å². The largest absolute Gasteiger partial charge is 0.496 e. The Kier molecular flexibility index (Phi) is 4.23. The fourth-order valence-corrected chi connectivity index (χ4v) is 1.39. The third kappa shape index (κ3) is 2.89. The number of benzene rings is 1. The monoisotopic (exact) mass is 213 g/mol. The SMILES string of the molecule is COc1ccccc1CNC1CC1.Cl. The number of rotatable bonds is 4. The van der Waals surface area contributed by atoms with Crippen LogP contribution in [-0.2, 0) is 6.54 Å². The summed E-state index contributed by atoms with van der Waals surface area (Å²) in [6, 6.07) is 8.91. The molecule has 0 aromatic heterocycles. The molecular formula is C11H16ClNO. The van der Waals surface area contributed by atoms with Gasteiger partial charge >= 0.3 is 0 Å². The zero-order valence-corrected chi connectivity index (χ0v) is 9.14. The lowest BCUT2D eigenvalue weighted by molar-refractivity contribution is 0.407. The minimum absolute atomic E-state index is 0. The fourth-order valence-electron chi connectivity index (χ4n) is 1.39. The van der Waals surface area contributed by atoms with Crippen LogP contribution < -0.4 is 10.1 Å². The van der Waals surface area contributed by atoms with Crippen molar-refractivity contribution in [2.75, 3.05) is 7.11 Å². The van der Waals surface area contributed by atoms with Crippen molar-refractivity contribution in [2.24, 2.45) is 0 Å². The highest BCUT2D eigenvalue weighted by atomic mass is 35.5. The fraction of sp³-hybridized carbons (Fsp3) is 0.455. The quantitative estimate of drug-likeness (QED) is 0.829. The molecule has 2 rings (SSSR count). The van der Waals surface area contributed by atoms with Gasteiger partial charge < -0.3 is 10.1 Å². The molecule has 1 aliphatic carbocycles. The van der Waals surface area contributed by atoms with Gasteiger partial charge in [0.25, 0.3) is 0 Å². The second-order valence-corrected chi connectivity index (χ2v) is 3.47. The summed E-state index contributed by atoms with van der Waals surface area (Å²) in [5.41, 5.74) is 1.25. The van der Waals surface area contributed by atoms with Crippen molar-refractivity contribution < 1.29 is 4.74 Å². The Labute approximate surface area is 91.1 Å². The van der Waals surface area contributed by atoms with E-state index in [1.54, 1.807) is 7.11 Å². The van der Waals surface area contributed by atoms with Crippen LogP contribution in [0.4, 0.5) is 0 Å². The van der Waals surface area contributed by atoms with Crippen LogP contribution in [0.3, 0.4) is 0 Å². The molecule has 0 heterocycles. The van der Waals surface area contributed by atoms with E-state index in [1.165, 1.54) is 18.4 Å². The topological polar surface area (TPSA) is 21.3 Å². The molecule has 0 unspecified atom stereocenters. The second-order valence-electron chi connectivity index (χ2n) is 3.47. The lowest BCUT2D eigenvalue weighted by atomic mass is 10.2. The molecule has 1 aliphatic rings. The van der Waals surface area contributed by atoms with Crippen molar-refractivity contribution in [3.05, 3.63) is 29.8 Å². The van der Waals surface area contributed by atoms with Gasteiger partial charge in [-0.2, -0.15) is 0 Å². The van der Waals surface area contributed by atoms with Crippen molar-refractivity contribution in [2.45, 2.75) is 25.4 Å². The molecule has 0 atom stereocenters. The zero-order valence-electron chi connectivity index (χ0n) is 8.32. The molecule has 78 valence electrons.